The molecule has 0 spiro atoms. The number of hydrogen-bond donors (Lipinski definition) is 0. The summed E-state index contributed by atoms with van der Waals surface area (Å²) >= 11 is 0. The normalized spacial score (nSPS) is 21.3. The Hall–Kier alpha value is -2.21. The van der Waals surface area contributed by atoms with E-state index in [0.29, 0.717) is 22.9 Å². The Bertz CT molecular complexity index is 784. The highest BCUT2D eigenvalue weighted by atomic mass is 16.2. The summed E-state index contributed by atoms with van der Waals surface area (Å²) in [5.41, 5.74) is 0.580. The first-order valence-corrected chi connectivity index (χ1v) is 7.86. The molecule has 1 fully saturated rings. The molecule has 1 aromatic carbocycles. The maximum absolute atomic E-state index is 12.6. The predicted molar refractivity (Wildman–Crippen MR) is 89.2 cm³/mol. The third-order valence-electron chi connectivity index (χ3n) is 4.64. The van der Waals surface area contributed by atoms with Gasteiger partial charge in [-0.25, -0.2) is 0 Å². The van der Waals surface area contributed by atoms with Crippen LogP contribution in [-0.4, -0.2) is 58.7 Å². The van der Waals surface area contributed by atoms with Crippen molar-refractivity contribution >= 4 is 16.8 Å². The number of rotatable bonds is 3. The van der Waals surface area contributed by atoms with Crippen LogP contribution in [0.2, 0.25) is 0 Å². The molecule has 1 aliphatic heterocycles. The number of aromatic nitrogens is 2. The zero-order valence-electron chi connectivity index (χ0n) is 13.8. The molecule has 2 aromatic rings. The average molecular weight is 314 g/mol. The van der Waals surface area contributed by atoms with Crippen molar-refractivity contribution < 1.29 is 4.79 Å². The first kappa shape index (κ1) is 15.7. The molecule has 1 aliphatic rings. The highest BCUT2D eigenvalue weighted by Crippen LogP contribution is 2.20. The summed E-state index contributed by atoms with van der Waals surface area (Å²) in [6, 6.07) is 7.65. The van der Waals surface area contributed by atoms with Crippen LogP contribution < -0.4 is 5.43 Å². The number of carbonyl (C=O) groups is 1. The van der Waals surface area contributed by atoms with Gasteiger partial charge in [-0.15, -0.1) is 0 Å². The largest absolute Gasteiger partial charge is 0.339 e. The van der Waals surface area contributed by atoms with Crippen LogP contribution in [0.25, 0.3) is 10.9 Å². The van der Waals surface area contributed by atoms with Crippen molar-refractivity contribution in [3.05, 3.63) is 40.7 Å². The molecule has 0 aliphatic carbocycles. The van der Waals surface area contributed by atoms with Gasteiger partial charge in [0.1, 0.15) is 6.54 Å². The quantitative estimate of drug-likeness (QED) is 0.841. The Kier molecular flexibility index (Phi) is 4.17. The van der Waals surface area contributed by atoms with Gasteiger partial charge in [0.2, 0.25) is 11.3 Å². The minimum atomic E-state index is -0.119. The second-order valence-electron chi connectivity index (χ2n) is 6.49. The number of nitrogens with zero attached hydrogens (tertiary/aromatic N) is 4. The standard InChI is InChI=1S/C17H22N4O2/c1-12-9-20(10-15(12)19(2)3)17(23)11-21-14-7-5-4-6-13(14)16(22)8-18-21/h4-8,12,15H,9-11H2,1-3H3. The Labute approximate surface area is 135 Å². The SMILES string of the molecule is CC1CN(C(=O)Cn2ncc(=O)c3ccccc32)CC1N(C)C. The van der Waals surface area contributed by atoms with Crippen molar-refractivity contribution in [2.24, 2.45) is 5.92 Å². The van der Waals surface area contributed by atoms with Crippen LogP contribution in [-0.2, 0) is 11.3 Å². The van der Waals surface area contributed by atoms with E-state index < -0.39 is 0 Å². The molecular weight excluding hydrogens is 292 g/mol. The molecule has 122 valence electrons. The maximum atomic E-state index is 12.6. The van der Waals surface area contributed by atoms with E-state index in [-0.39, 0.29) is 17.9 Å². The highest BCUT2D eigenvalue weighted by molar-refractivity contribution is 5.81. The van der Waals surface area contributed by atoms with Crippen LogP contribution in [0.1, 0.15) is 6.92 Å². The van der Waals surface area contributed by atoms with Crippen LogP contribution >= 0.6 is 0 Å². The highest BCUT2D eigenvalue weighted by Gasteiger charge is 2.33. The molecule has 2 atom stereocenters. The molecule has 2 unspecified atom stereocenters. The lowest BCUT2D eigenvalue weighted by atomic mass is 10.1. The third-order valence-corrected chi connectivity index (χ3v) is 4.64. The second-order valence-corrected chi connectivity index (χ2v) is 6.49. The van der Waals surface area contributed by atoms with Crippen LogP contribution in [0, 0.1) is 5.92 Å². The van der Waals surface area contributed by atoms with E-state index in [0.717, 1.165) is 13.1 Å². The van der Waals surface area contributed by atoms with Crippen molar-refractivity contribution in [3.8, 4) is 0 Å². The van der Waals surface area contributed by atoms with Gasteiger partial charge in [-0.1, -0.05) is 19.1 Å². The Morgan fingerprint density at radius 1 is 1.30 bits per heavy atom. The fourth-order valence-electron chi connectivity index (χ4n) is 3.34. The lowest BCUT2D eigenvalue weighted by Crippen LogP contribution is -2.37. The van der Waals surface area contributed by atoms with Gasteiger partial charge in [0.25, 0.3) is 0 Å². The average Bonchev–Trinajstić information content (AvgIpc) is 2.92. The summed E-state index contributed by atoms with van der Waals surface area (Å²) in [7, 11) is 4.10. The Morgan fingerprint density at radius 3 is 2.74 bits per heavy atom. The smallest absolute Gasteiger partial charge is 0.244 e. The molecule has 2 heterocycles. The zero-order valence-corrected chi connectivity index (χ0v) is 13.8. The van der Waals surface area contributed by atoms with Gasteiger partial charge in [0.05, 0.1) is 11.7 Å². The number of fused-ring (bicyclic) bond motifs is 1. The molecule has 1 saturated heterocycles. The van der Waals surface area contributed by atoms with Gasteiger partial charge in [-0.05, 0) is 32.1 Å². The van der Waals surface area contributed by atoms with Crippen LogP contribution in [0.15, 0.2) is 35.3 Å². The van der Waals surface area contributed by atoms with Crippen molar-refractivity contribution in [1.29, 1.82) is 0 Å². The number of para-hydroxylation sites is 1. The monoisotopic (exact) mass is 314 g/mol. The van der Waals surface area contributed by atoms with Gasteiger partial charge in [-0.3, -0.25) is 14.3 Å². The van der Waals surface area contributed by atoms with E-state index in [1.807, 2.05) is 37.2 Å². The molecule has 1 amide bonds. The van der Waals surface area contributed by atoms with Crippen molar-refractivity contribution in [2.75, 3.05) is 27.2 Å². The lowest BCUT2D eigenvalue weighted by molar-refractivity contribution is -0.131. The summed E-state index contributed by atoms with van der Waals surface area (Å²) in [5.74, 6) is 0.496. The summed E-state index contributed by atoms with van der Waals surface area (Å²) < 4.78 is 1.62. The molecule has 6 heteroatoms. The number of hydrogen-bond acceptors (Lipinski definition) is 4. The summed E-state index contributed by atoms with van der Waals surface area (Å²) in [6.07, 6.45) is 1.28. The first-order valence-electron chi connectivity index (χ1n) is 7.86. The van der Waals surface area contributed by atoms with Gasteiger partial charge in [-0.2, -0.15) is 5.10 Å². The van der Waals surface area contributed by atoms with E-state index in [9.17, 15) is 9.59 Å². The van der Waals surface area contributed by atoms with Crippen LogP contribution in [0.5, 0.6) is 0 Å². The third kappa shape index (κ3) is 2.99. The van der Waals surface area contributed by atoms with E-state index >= 15 is 0 Å². The maximum Gasteiger partial charge on any atom is 0.244 e. The Balaban J connectivity index is 1.82. The van der Waals surface area contributed by atoms with Gasteiger partial charge >= 0.3 is 0 Å². The predicted octanol–water partition coefficient (Wildman–Crippen LogP) is 0.805. The van der Waals surface area contributed by atoms with Crippen molar-refractivity contribution in [2.45, 2.75) is 19.5 Å². The second kappa shape index (κ2) is 6.12. The first-order chi connectivity index (χ1) is 11.0. The molecular formula is C17H22N4O2. The van der Waals surface area contributed by atoms with Crippen LogP contribution in [0.4, 0.5) is 0 Å². The summed E-state index contributed by atoms with van der Waals surface area (Å²) in [6.45, 7) is 3.84. The molecule has 0 radical (unpaired) electrons. The van der Waals surface area contributed by atoms with Gasteiger partial charge in [0.15, 0.2) is 0 Å². The molecule has 0 saturated carbocycles. The summed E-state index contributed by atoms with van der Waals surface area (Å²) in [4.78, 5) is 28.5. The van der Waals surface area contributed by atoms with Crippen molar-refractivity contribution in [3.63, 3.8) is 0 Å². The number of likely N-dealkylation sites (N-methyl/N-ethyl adjacent to an activating group) is 1. The fourth-order valence-corrected chi connectivity index (χ4v) is 3.34. The molecule has 3 rings (SSSR count). The molecule has 0 bridgehead atoms. The molecule has 1 aromatic heterocycles. The molecule has 0 N–H and O–H groups in total. The number of carbonyl (C=O) groups excluding carboxylic acids is 1. The van der Waals surface area contributed by atoms with Gasteiger partial charge < -0.3 is 9.80 Å². The lowest BCUT2D eigenvalue weighted by Gasteiger charge is -2.22. The minimum absolute atomic E-state index is 0.0440. The van der Waals surface area contributed by atoms with E-state index in [4.69, 9.17) is 0 Å². The summed E-state index contributed by atoms with van der Waals surface area (Å²) in [5, 5.41) is 4.73. The molecule has 6 nitrogen and oxygen atoms in total. The van der Waals surface area contributed by atoms with E-state index in [1.54, 1.807) is 10.7 Å². The van der Waals surface area contributed by atoms with Crippen molar-refractivity contribution in [1.82, 2.24) is 19.6 Å². The Morgan fingerprint density at radius 2 is 2.04 bits per heavy atom. The number of benzene rings is 1. The van der Waals surface area contributed by atoms with Crippen LogP contribution in [0.3, 0.4) is 0 Å². The minimum Gasteiger partial charge on any atom is -0.339 e. The van der Waals surface area contributed by atoms with E-state index in [2.05, 4.69) is 16.9 Å². The number of likely N-dealkylation sites (tertiary alicyclic amines) is 1. The fraction of sp³-hybridized carbons (Fsp3) is 0.471. The zero-order chi connectivity index (χ0) is 16.6. The van der Waals surface area contributed by atoms with E-state index in [1.165, 1.54) is 6.20 Å². The topological polar surface area (TPSA) is 58.4 Å². The van der Waals surface area contributed by atoms with Gasteiger partial charge in [0, 0.05) is 24.5 Å². The number of amides is 1. The molecule has 23 heavy (non-hydrogen) atoms.